The molecule has 0 saturated carbocycles. The predicted octanol–water partition coefficient (Wildman–Crippen LogP) is 4.99. The molecule has 20 heavy (non-hydrogen) atoms. The number of hydrogen-bond acceptors (Lipinski definition) is 1. The number of hydrogen-bond donors (Lipinski definition) is 1. The molecule has 1 atom stereocenters. The van der Waals surface area contributed by atoms with E-state index in [9.17, 15) is 0 Å². The summed E-state index contributed by atoms with van der Waals surface area (Å²) in [5.74, 6) is 0. The van der Waals surface area contributed by atoms with Gasteiger partial charge < -0.3 is 5.32 Å². The molecule has 0 aliphatic rings. The summed E-state index contributed by atoms with van der Waals surface area (Å²) in [4.78, 5) is 0. The summed E-state index contributed by atoms with van der Waals surface area (Å²) < 4.78 is 0. The Morgan fingerprint density at radius 2 is 1.75 bits per heavy atom. The zero-order chi connectivity index (χ0) is 14.4. The van der Waals surface area contributed by atoms with E-state index in [1.807, 2.05) is 12.1 Å². The molecule has 0 bridgehead atoms. The van der Waals surface area contributed by atoms with Crippen molar-refractivity contribution < 1.29 is 0 Å². The number of rotatable bonds is 6. The van der Waals surface area contributed by atoms with E-state index < -0.39 is 0 Å². The van der Waals surface area contributed by atoms with E-state index in [4.69, 9.17) is 11.6 Å². The molecular formula is C18H22ClN. The van der Waals surface area contributed by atoms with Gasteiger partial charge in [0.25, 0.3) is 0 Å². The zero-order valence-corrected chi connectivity index (χ0v) is 13.0. The average Bonchev–Trinajstić information content (AvgIpc) is 2.47. The lowest BCUT2D eigenvalue weighted by Crippen LogP contribution is -2.22. The molecule has 0 spiro atoms. The van der Waals surface area contributed by atoms with Gasteiger partial charge in [-0.2, -0.15) is 0 Å². The van der Waals surface area contributed by atoms with Gasteiger partial charge in [-0.1, -0.05) is 68.3 Å². The first-order valence-electron chi connectivity index (χ1n) is 7.32. The van der Waals surface area contributed by atoms with Crippen LogP contribution in [0.3, 0.4) is 0 Å². The maximum atomic E-state index is 5.99. The van der Waals surface area contributed by atoms with E-state index in [1.165, 1.54) is 23.1 Å². The lowest BCUT2D eigenvalue weighted by atomic mass is 9.96. The standard InChI is InChI=1S/C18H22ClN/c1-3-6-14-7-5-8-16(13-14)18(20-4-2)15-9-11-17(19)12-10-15/h5,7-13,18,20H,3-4,6H2,1-2H3. The molecule has 2 heteroatoms. The summed E-state index contributed by atoms with van der Waals surface area (Å²) in [5.41, 5.74) is 3.98. The molecule has 0 fully saturated rings. The first-order chi connectivity index (χ1) is 9.74. The molecule has 1 N–H and O–H groups in total. The summed E-state index contributed by atoms with van der Waals surface area (Å²) in [6, 6.07) is 17.2. The SMILES string of the molecule is CCCc1cccc(C(NCC)c2ccc(Cl)cc2)c1. The van der Waals surface area contributed by atoms with Gasteiger partial charge in [-0.3, -0.25) is 0 Å². The second-order valence-corrected chi connectivity index (χ2v) is 5.47. The fraction of sp³-hybridized carbons (Fsp3) is 0.333. The highest BCUT2D eigenvalue weighted by atomic mass is 35.5. The van der Waals surface area contributed by atoms with Gasteiger partial charge in [0.15, 0.2) is 0 Å². The molecule has 2 rings (SSSR count). The van der Waals surface area contributed by atoms with Crippen molar-refractivity contribution in [2.24, 2.45) is 0 Å². The molecule has 106 valence electrons. The fourth-order valence-corrected chi connectivity index (χ4v) is 2.63. The Labute approximate surface area is 127 Å². The predicted molar refractivity (Wildman–Crippen MR) is 87.4 cm³/mol. The Balaban J connectivity index is 2.32. The second-order valence-electron chi connectivity index (χ2n) is 5.04. The lowest BCUT2D eigenvalue weighted by molar-refractivity contribution is 0.630. The first kappa shape index (κ1) is 15.1. The highest BCUT2D eigenvalue weighted by Gasteiger charge is 2.13. The minimum Gasteiger partial charge on any atom is -0.307 e. The Morgan fingerprint density at radius 3 is 2.40 bits per heavy atom. The highest BCUT2D eigenvalue weighted by molar-refractivity contribution is 6.30. The molecule has 0 radical (unpaired) electrons. The van der Waals surface area contributed by atoms with Gasteiger partial charge in [0.05, 0.1) is 6.04 Å². The van der Waals surface area contributed by atoms with Crippen LogP contribution in [0.25, 0.3) is 0 Å². The van der Waals surface area contributed by atoms with E-state index in [2.05, 4.69) is 55.6 Å². The van der Waals surface area contributed by atoms with Crippen molar-refractivity contribution in [2.75, 3.05) is 6.54 Å². The molecule has 1 nitrogen and oxygen atoms in total. The molecule has 0 saturated heterocycles. The van der Waals surface area contributed by atoms with Crippen LogP contribution in [-0.2, 0) is 6.42 Å². The summed E-state index contributed by atoms with van der Waals surface area (Å²) in [5, 5.41) is 4.34. The van der Waals surface area contributed by atoms with Crippen LogP contribution < -0.4 is 5.32 Å². The van der Waals surface area contributed by atoms with E-state index in [1.54, 1.807) is 0 Å². The van der Waals surface area contributed by atoms with Gasteiger partial charge >= 0.3 is 0 Å². The third kappa shape index (κ3) is 3.84. The zero-order valence-electron chi connectivity index (χ0n) is 12.2. The number of halogens is 1. The Bertz CT molecular complexity index is 533. The average molecular weight is 288 g/mol. The van der Waals surface area contributed by atoms with Crippen LogP contribution >= 0.6 is 11.6 Å². The monoisotopic (exact) mass is 287 g/mol. The van der Waals surface area contributed by atoms with E-state index in [0.29, 0.717) is 0 Å². The van der Waals surface area contributed by atoms with Crippen LogP contribution in [0.1, 0.15) is 43.0 Å². The smallest absolute Gasteiger partial charge is 0.0576 e. The normalized spacial score (nSPS) is 12.3. The topological polar surface area (TPSA) is 12.0 Å². The van der Waals surface area contributed by atoms with Gasteiger partial charge in [-0.25, -0.2) is 0 Å². The highest BCUT2D eigenvalue weighted by Crippen LogP contribution is 2.24. The Kier molecular flexibility index (Phi) is 5.63. The van der Waals surface area contributed by atoms with Gasteiger partial charge in [-0.15, -0.1) is 0 Å². The van der Waals surface area contributed by atoms with Crippen LogP contribution in [0.2, 0.25) is 5.02 Å². The summed E-state index contributed by atoms with van der Waals surface area (Å²) >= 11 is 5.99. The van der Waals surface area contributed by atoms with Crippen LogP contribution in [0.5, 0.6) is 0 Å². The quantitative estimate of drug-likeness (QED) is 0.789. The fourth-order valence-electron chi connectivity index (χ4n) is 2.50. The third-order valence-electron chi connectivity index (χ3n) is 3.43. The molecule has 2 aromatic rings. The summed E-state index contributed by atoms with van der Waals surface area (Å²) in [6.07, 6.45) is 2.31. The van der Waals surface area contributed by atoms with Gasteiger partial charge in [0, 0.05) is 5.02 Å². The van der Waals surface area contributed by atoms with Crippen molar-refractivity contribution in [2.45, 2.75) is 32.7 Å². The Hall–Kier alpha value is -1.31. The number of nitrogens with one attached hydrogen (secondary N) is 1. The molecule has 1 unspecified atom stereocenters. The minimum atomic E-state index is 0.231. The molecular weight excluding hydrogens is 266 g/mol. The van der Waals surface area contributed by atoms with E-state index >= 15 is 0 Å². The molecule has 0 heterocycles. The van der Waals surface area contributed by atoms with Gasteiger partial charge in [-0.05, 0) is 41.8 Å². The first-order valence-corrected chi connectivity index (χ1v) is 7.70. The summed E-state index contributed by atoms with van der Waals surface area (Å²) in [6.45, 7) is 5.29. The van der Waals surface area contributed by atoms with Crippen molar-refractivity contribution in [3.63, 3.8) is 0 Å². The molecule has 0 aliphatic heterocycles. The van der Waals surface area contributed by atoms with Crippen LogP contribution in [0.4, 0.5) is 0 Å². The maximum Gasteiger partial charge on any atom is 0.0576 e. The van der Waals surface area contributed by atoms with Crippen LogP contribution in [0, 0.1) is 0 Å². The second kappa shape index (κ2) is 7.47. The lowest BCUT2D eigenvalue weighted by Gasteiger charge is -2.20. The molecule has 0 aromatic heterocycles. The number of aryl methyl sites for hydroxylation is 1. The van der Waals surface area contributed by atoms with Gasteiger partial charge in [0.1, 0.15) is 0 Å². The van der Waals surface area contributed by atoms with Crippen molar-refractivity contribution in [3.05, 3.63) is 70.2 Å². The Morgan fingerprint density at radius 1 is 1.00 bits per heavy atom. The van der Waals surface area contributed by atoms with Crippen molar-refractivity contribution >= 4 is 11.6 Å². The van der Waals surface area contributed by atoms with Crippen LogP contribution in [0.15, 0.2) is 48.5 Å². The van der Waals surface area contributed by atoms with Gasteiger partial charge in [0.2, 0.25) is 0 Å². The molecule has 0 aliphatic carbocycles. The van der Waals surface area contributed by atoms with Crippen molar-refractivity contribution in [1.29, 1.82) is 0 Å². The molecule has 2 aromatic carbocycles. The van der Waals surface area contributed by atoms with E-state index in [-0.39, 0.29) is 6.04 Å². The minimum absolute atomic E-state index is 0.231. The largest absolute Gasteiger partial charge is 0.307 e. The van der Waals surface area contributed by atoms with Crippen molar-refractivity contribution in [3.8, 4) is 0 Å². The van der Waals surface area contributed by atoms with E-state index in [0.717, 1.165) is 18.0 Å². The maximum absolute atomic E-state index is 5.99. The number of benzene rings is 2. The van der Waals surface area contributed by atoms with Crippen molar-refractivity contribution in [1.82, 2.24) is 5.32 Å². The van der Waals surface area contributed by atoms with Crippen LogP contribution in [-0.4, -0.2) is 6.54 Å². The molecule has 0 amide bonds. The third-order valence-corrected chi connectivity index (χ3v) is 3.69. The summed E-state index contributed by atoms with van der Waals surface area (Å²) in [7, 11) is 0.